The molecule has 0 aromatic heterocycles. The van der Waals surface area contributed by atoms with Crippen molar-refractivity contribution < 1.29 is 10.2 Å². The van der Waals surface area contributed by atoms with Gasteiger partial charge in [0.15, 0.2) is 0 Å². The van der Waals surface area contributed by atoms with Crippen LogP contribution in [0.25, 0.3) is 0 Å². The second kappa shape index (κ2) is 28.1. The van der Waals surface area contributed by atoms with Crippen molar-refractivity contribution in [3.8, 4) is 0 Å². The third kappa shape index (κ3) is 24.8. The lowest BCUT2D eigenvalue weighted by molar-refractivity contribution is 0.282. The second-order valence-corrected chi connectivity index (χ2v) is 10.2. The molecule has 4 heteroatoms. The van der Waals surface area contributed by atoms with Crippen LogP contribution in [0.15, 0.2) is 0 Å². The summed E-state index contributed by atoms with van der Waals surface area (Å²) in [6.45, 7) is 7.46. The molecule has 0 aromatic rings. The van der Waals surface area contributed by atoms with E-state index in [1.807, 2.05) is 0 Å². The molecule has 0 amide bonds. The molecule has 4 N–H and O–H groups in total. The summed E-state index contributed by atoms with van der Waals surface area (Å²) in [5.41, 5.74) is 0. The summed E-state index contributed by atoms with van der Waals surface area (Å²) in [6, 6.07) is 1.37. The van der Waals surface area contributed by atoms with E-state index >= 15 is 0 Å². The number of rotatable bonds is 28. The van der Waals surface area contributed by atoms with Gasteiger partial charge in [0.25, 0.3) is 0 Å². The fourth-order valence-electron chi connectivity index (χ4n) is 4.73. The number of aliphatic hydroxyl groups excluding tert-OH is 2. The van der Waals surface area contributed by atoms with E-state index in [1.54, 1.807) is 0 Å². The van der Waals surface area contributed by atoms with Crippen molar-refractivity contribution in [2.45, 2.75) is 161 Å². The van der Waals surface area contributed by atoms with Gasteiger partial charge in [-0.05, 0) is 77.3 Å². The molecule has 2 unspecified atom stereocenters. The zero-order valence-corrected chi connectivity index (χ0v) is 22.7. The molecule has 4 nitrogen and oxygen atoms in total. The van der Waals surface area contributed by atoms with E-state index in [4.69, 9.17) is 10.2 Å². The Morgan fingerprint density at radius 1 is 0.424 bits per heavy atom. The smallest absolute Gasteiger partial charge is 0.0431 e. The number of unbranched alkanes of at least 4 members (excludes halogenated alkanes) is 12. The van der Waals surface area contributed by atoms with Crippen LogP contribution < -0.4 is 10.6 Å². The maximum atomic E-state index is 8.97. The lowest BCUT2D eigenvalue weighted by atomic mass is 9.98. The van der Waals surface area contributed by atoms with Crippen LogP contribution in [-0.4, -0.2) is 48.6 Å². The molecule has 0 saturated heterocycles. The quantitative estimate of drug-likeness (QED) is 0.0919. The standard InChI is InChI=1S/C29H62N2O2/c1-3-5-7-12-20-28(30-24-16-10-18-26-32)22-14-9-15-23-29(21-13-8-6-4-2)31-25-17-11-19-27-33/h28-33H,3-27H2,1-2H3. The maximum absolute atomic E-state index is 8.97. The molecule has 0 saturated carbocycles. The zero-order valence-electron chi connectivity index (χ0n) is 22.7. The van der Waals surface area contributed by atoms with Gasteiger partial charge in [-0.25, -0.2) is 0 Å². The first-order chi connectivity index (χ1) is 16.3. The minimum atomic E-state index is 0.331. The van der Waals surface area contributed by atoms with Crippen molar-refractivity contribution >= 4 is 0 Å². The van der Waals surface area contributed by atoms with Crippen molar-refractivity contribution in [3.63, 3.8) is 0 Å². The Balaban J connectivity index is 4.15. The molecular formula is C29H62N2O2. The number of hydrogen-bond acceptors (Lipinski definition) is 4. The van der Waals surface area contributed by atoms with Crippen LogP contribution in [0.2, 0.25) is 0 Å². The predicted molar refractivity (Wildman–Crippen MR) is 146 cm³/mol. The van der Waals surface area contributed by atoms with Crippen LogP contribution in [0.3, 0.4) is 0 Å². The van der Waals surface area contributed by atoms with Crippen molar-refractivity contribution in [3.05, 3.63) is 0 Å². The molecule has 0 aliphatic rings. The predicted octanol–water partition coefficient (Wildman–Crippen LogP) is 7.12. The third-order valence-corrected chi connectivity index (χ3v) is 6.95. The van der Waals surface area contributed by atoms with E-state index in [0.29, 0.717) is 25.3 Å². The van der Waals surface area contributed by atoms with Crippen LogP contribution in [0.1, 0.15) is 149 Å². The minimum absolute atomic E-state index is 0.331. The molecule has 0 aromatic carbocycles. The monoisotopic (exact) mass is 470 g/mol. The van der Waals surface area contributed by atoms with Crippen LogP contribution in [0.5, 0.6) is 0 Å². The topological polar surface area (TPSA) is 64.5 Å². The Bertz CT molecular complexity index is 323. The molecule has 0 aliphatic heterocycles. The molecule has 0 bridgehead atoms. The highest BCUT2D eigenvalue weighted by Crippen LogP contribution is 2.16. The zero-order chi connectivity index (χ0) is 24.2. The largest absolute Gasteiger partial charge is 0.396 e. The highest BCUT2D eigenvalue weighted by Gasteiger charge is 2.10. The molecule has 200 valence electrons. The molecule has 0 fully saturated rings. The van der Waals surface area contributed by atoms with E-state index < -0.39 is 0 Å². The van der Waals surface area contributed by atoms with Crippen LogP contribution in [-0.2, 0) is 0 Å². The van der Waals surface area contributed by atoms with Crippen molar-refractivity contribution in [1.29, 1.82) is 0 Å². The van der Waals surface area contributed by atoms with Gasteiger partial charge in [0.2, 0.25) is 0 Å². The van der Waals surface area contributed by atoms with Gasteiger partial charge in [-0.2, -0.15) is 0 Å². The fourth-order valence-corrected chi connectivity index (χ4v) is 4.73. The lowest BCUT2D eigenvalue weighted by Crippen LogP contribution is -2.30. The Hall–Kier alpha value is -0.160. The molecule has 2 atom stereocenters. The summed E-state index contributed by atoms with van der Waals surface area (Å²) in [4.78, 5) is 0. The van der Waals surface area contributed by atoms with Gasteiger partial charge in [0, 0.05) is 25.3 Å². The Labute approximate surface area is 208 Å². The lowest BCUT2D eigenvalue weighted by Gasteiger charge is -2.20. The highest BCUT2D eigenvalue weighted by molar-refractivity contribution is 4.70. The summed E-state index contributed by atoms with van der Waals surface area (Å²) in [5, 5.41) is 25.6. The molecule has 33 heavy (non-hydrogen) atoms. The summed E-state index contributed by atoms with van der Waals surface area (Å²) in [5.74, 6) is 0. The Morgan fingerprint density at radius 3 is 1.09 bits per heavy atom. The molecule has 0 aliphatic carbocycles. The molecule has 0 rings (SSSR count). The number of aliphatic hydroxyl groups is 2. The molecular weight excluding hydrogens is 408 g/mol. The number of hydrogen-bond donors (Lipinski definition) is 4. The first-order valence-electron chi connectivity index (χ1n) is 15.0. The van der Waals surface area contributed by atoms with E-state index in [1.165, 1.54) is 109 Å². The van der Waals surface area contributed by atoms with Gasteiger partial charge >= 0.3 is 0 Å². The summed E-state index contributed by atoms with van der Waals surface area (Å²) in [6.07, 6.45) is 26.7. The van der Waals surface area contributed by atoms with E-state index in [-0.39, 0.29) is 0 Å². The van der Waals surface area contributed by atoms with Gasteiger partial charge in [0.05, 0.1) is 0 Å². The van der Waals surface area contributed by atoms with Crippen molar-refractivity contribution in [2.75, 3.05) is 26.3 Å². The van der Waals surface area contributed by atoms with Crippen molar-refractivity contribution in [2.24, 2.45) is 0 Å². The Morgan fingerprint density at radius 2 is 0.758 bits per heavy atom. The summed E-state index contributed by atoms with van der Waals surface area (Å²) in [7, 11) is 0. The van der Waals surface area contributed by atoms with E-state index in [0.717, 1.165) is 38.8 Å². The van der Waals surface area contributed by atoms with Gasteiger partial charge in [-0.1, -0.05) is 84.5 Å². The fraction of sp³-hybridized carbons (Fsp3) is 1.00. The normalized spacial score (nSPS) is 13.5. The van der Waals surface area contributed by atoms with Gasteiger partial charge in [-0.3, -0.25) is 0 Å². The third-order valence-electron chi connectivity index (χ3n) is 6.95. The van der Waals surface area contributed by atoms with E-state index in [9.17, 15) is 0 Å². The maximum Gasteiger partial charge on any atom is 0.0431 e. The van der Waals surface area contributed by atoms with Gasteiger partial charge in [0.1, 0.15) is 0 Å². The average Bonchev–Trinajstić information content (AvgIpc) is 2.82. The molecule has 0 heterocycles. The van der Waals surface area contributed by atoms with Gasteiger partial charge < -0.3 is 20.8 Å². The highest BCUT2D eigenvalue weighted by atomic mass is 16.3. The second-order valence-electron chi connectivity index (χ2n) is 10.2. The van der Waals surface area contributed by atoms with Gasteiger partial charge in [-0.15, -0.1) is 0 Å². The summed E-state index contributed by atoms with van der Waals surface area (Å²) >= 11 is 0. The van der Waals surface area contributed by atoms with Crippen LogP contribution in [0, 0.1) is 0 Å². The number of nitrogens with one attached hydrogen (secondary N) is 2. The van der Waals surface area contributed by atoms with E-state index in [2.05, 4.69) is 24.5 Å². The SMILES string of the molecule is CCCCCCC(CCCCCC(CCCCCC)NCCCCCO)NCCCCCO. The molecule has 0 spiro atoms. The van der Waals surface area contributed by atoms with Crippen LogP contribution >= 0.6 is 0 Å². The first kappa shape index (κ1) is 32.8. The molecule has 0 radical (unpaired) electrons. The van der Waals surface area contributed by atoms with Crippen LogP contribution in [0.4, 0.5) is 0 Å². The average molecular weight is 471 g/mol. The Kier molecular flexibility index (Phi) is 27.9. The summed E-state index contributed by atoms with van der Waals surface area (Å²) < 4.78 is 0. The minimum Gasteiger partial charge on any atom is -0.396 e. The van der Waals surface area contributed by atoms with Crippen molar-refractivity contribution in [1.82, 2.24) is 10.6 Å². The first-order valence-corrected chi connectivity index (χ1v) is 15.0.